The van der Waals surface area contributed by atoms with Gasteiger partial charge in [-0.15, -0.1) is 0 Å². The number of allylic oxidation sites excluding steroid dienone is 1. The Hall–Kier alpha value is -1.12. The van der Waals surface area contributed by atoms with Gasteiger partial charge < -0.3 is 9.53 Å². The first-order chi connectivity index (χ1) is 6.24. The zero-order valence-corrected chi connectivity index (χ0v) is 8.21. The fraction of sp³-hybridized carbons (Fsp3) is 0.600. The van der Waals surface area contributed by atoms with E-state index in [-0.39, 0.29) is 5.97 Å². The lowest BCUT2D eigenvalue weighted by atomic mass is 10.1. The van der Waals surface area contributed by atoms with Crippen LogP contribution in [0.3, 0.4) is 0 Å². The van der Waals surface area contributed by atoms with Crippen LogP contribution in [0, 0.1) is 0 Å². The van der Waals surface area contributed by atoms with Crippen molar-refractivity contribution in [2.24, 2.45) is 0 Å². The number of hydrogen-bond donors (Lipinski definition) is 0. The minimum atomic E-state index is -0.315. The molecule has 74 valence electrons. The van der Waals surface area contributed by atoms with E-state index in [0.717, 1.165) is 18.3 Å². The Morgan fingerprint density at radius 1 is 1.38 bits per heavy atom. The highest BCUT2D eigenvalue weighted by Crippen LogP contribution is 2.08. The van der Waals surface area contributed by atoms with Gasteiger partial charge in [-0.3, -0.25) is 0 Å². The minimum Gasteiger partial charge on any atom is -0.463 e. The van der Waals surface area contributed by atoms with Gasteiger partial charge in [0, 0.05) is 12.5 Å². The Kier molecular flexibility index (Phi) is 6.88. The summed E-state index contributed by atoms with van der Waals surface area (Å²) < 4.78 is 4.75. The maximum atomic E-state index is 11.0. The van der Waals surface area contributed by atoms with Gasteiger partial charge in [-0.05, 0) is 19.8 Å². The zero-order chi connectivity index (χ0) is 10.1. The van der Waals surface area contributed by atoms with Crippen LogP contribution < -0.4 is 0 Å². The maximum absolute atomic E-state index is 11.0. The van der Waals surface area contributed by atoms with Gasteiger partial charge in [0.15, 0.2) is 0 Å². The van der Waals surface area contributed by atoms with Gasteiger partial charge in [0.1, 0.15) is 6.29 Å². The molecule has 0 saturated carbocycles. The highest BCUT2D eigenvalue weighted by atomic mass is 16.5. The van der Waals surface area contributed by atoms with Crippen LogP contribution >= 0.6 is 0 Å². The summed E-state index contributed by atoms with van der Waals surface area (Å²) in [6.45, 7) is 4.11. The van der Waals surface area contributed by atoms with Gasteiger partial charge in [0.2, 0.25) is 0 Å². The van der Waals surface area contributed by atoms with Crippen LogP contribution in [-0.4, -0.2) is 18.9 Å². The van der Waals surface area contributed by atoms with E-state index in [2.05, 4.69) is 0 Å². The fourth-order valence-electron chi connectivity index (χ4n) is 0.946. The first-order valence-corrected chi connectivity index (χ1v) is 4.54. The van der Waals surface area contributed by atoms with Crippen LogP contribution in [0.15, 0.2) is 11.6 Å². The summed E-state index contributed by atoms with van der Waals surface area (Å²) in [6.07, 6.45) is 4.24. The maximum Gasteiger partial charge on any atom is 0.330 e. The van der Waals surface area contributed by atoms with Crippen molar-refractivity contribution in [3.05, 3.63) is 11.6 Å². The van der Waals surface area contributed by atoms with Crippen LogP contribution in [0.25, 0.3) is 0 Å². The van der Waals surface area contributed by atoms with Crippen molar-refractivity contribution >= 4 is 12.3 Å². The van der Waals surface area contributed by atoms with Crippen molar-refractivity contribution in [3.8, 4) is 0 Å². The van der Waals surface area contributed by atoms with E-state index in [4.69, 9.17) is 4.74 Å². The van der Waals surface area contributed by atoms with E-state index >= 15 is 0 Å². The molecule has 13 heavy (non-hydrogen) atoms. The smallest absolute Gasteiger partial charge is 0.330 e. The van der Waals surface area contributed by atoms with E-state index in [1.54, 1.807) is 6.92 Å². The van der Waals surface area contributed by atoms with Crippen molar-refractivity contribution in [1.29, 1.82) is 0 Å². The van der Waals surface area contributed by atoms with Crippen LogP contribution in [0.4, 0.5) is 0 Å². The number of ether oxygens (including phenoxy) is 1. The second-order valence-electron chi connectivity index (χ2n) is 2.61. The second-order valence-corrected chi connectivity index (χ2v) is 2.61. The van der Waals surface area contributed by atoms with Crippen molar-refractivity contribution in [2.75, 3.05) is 6.61 Å². The quantitative estimate of drug-likeness (QED) is 0.359. The van der Waals surface area contributed by atoms with Crippen LogP contribution in [0.2, 0.25) is 0 Å². The topological polar surface area (TPSA) is 43.4 Å². The van der Waals surface area contributed by atoms with Gasteiger partial charge in [0.05, 0.1) is 6.61 Å². The number of esters is 1. The molecule has 0 aliphatic rings. The Morgan fingerprint density at radius 2 is 2.08 bits per heavy atom. The summed E-state index contributed by atoms with van der Waals surface area (Å²) in [5.41, 5.74) is 0.963. The van der Waals surface area contributed by atoms with Crippen LogP contribution in [0.1, 0.15) is 33.1 Å². The van der Waals surface area contributed by atoms with Gasteiger partial charge >= 0.3 is 5.97 Å². The summed E-state index contributed by atoms with van der Waals surface area (Å²) in [6, 6.07) is 0. The predicted molar refractivity (Wildman–Crippen MR) is 50.3 cm³/mol. The average molecular weight is 184 g/mol. The lowest BCUT2D eigenvalue weighted by Gasteiger charge is -2.01. The number of rotatable bonds is 6. The van der Waals surface area contributed by atoms with Crippen LogP contribution in [-0.2, 0) is 14.3 Å². The summed E-state index contributed by atoms with van der Waals surface area (Å²) in [7, 11) is 0. The molecule has 0 aliphatic heterocycles. The molecule has 0 fully saturated rings. The molecule has 0 N–H and O–H groups in total. The number of carbonyl (C=O) groups is 2. The molecule has 3 nitrogen and oxygen atoms in total. The molecule has 0 radical (unpaired) electrons. The molecule has 3 heteroatoms. The number of carbonyl (C=O) groups excluding carboxylic acids is 2. The van der Waals surface area contributed by atoms with Gasteiger partial charge in [0.25, 0.3) is 0 Å². The Labute approximate surface area is 78.8 Å². The predicted octanol–water partition coefficient (Wildman–Crippen LogP) is 1.86. The lowest BCUT2D eigenvalue weighted by molar-refractivity contribution is -0.137. The number of aldehydes is 1. The summed E-state index contributed by atoms with van der Waals surface area (Å²) >= 11 is 0. The van der Waals surface area contributed by atoms with Gasteiger partial charge in [-0.25, -0.2) is 4.79 Å². The standard InChI is InChI=1S/C10H16O3/c1-3-9(6-5-7-11)8-10(12)13-4-2/h7-8H,3-6H2,1-2H3/b9-8+. The molecule has 0 aromatic carbocycles. The highest BCUT2D eigenvalue weighted by molar-refractivity contribution is 5.82. The summed E-state index contributed by atoms with van der Waals surface area (Å²) in [5, 5.41) is 0. The van der Waals surface area contributed by atoms with Gasteiger partial charge in [-0.2, -0.15) is 0 Å². The molecular weight excluding hydrogens is 168 g/mol. The monoisotopic (exact) mass is 184 g/mol. The fourth-order valence-corrected chi connectivity index (χ4v) is 0.946. The SMILES string of the molecule is CCOC(=O)/C=C(\CC)CCC=O. The molecule has 0 aromatic heterocycles. The molecule has 0 bridgehead atoms. The molecule has 0 saturated heterocycles. The largest absolute Gasteiger partial charge is 0.463 e. The third-order valence-corrected chi connectivity index (χ3v) is 1.65. The molecule has 0 aliphatic carbocycles. The first-order valence-electron chi connectivity index (χ1n) is 4.54. The summed E-state index contributed by atoms with van der Waals surface area (Å²) in [4.78, 5) is 21.1. The van der Waals surface area contributed by atoms with E-state index in [9.17, 15) is 9.59 Å². The zero-order valence-electron chi connectivity index (χ0n) is 8.21. The molecule has 0 spiro atoms. The molecule has 0 rings (SSSR count). The van der Waals surface area contributed by atoms with Crippen LogP contribution in [0.5, 0.6) is 0 Å². The Bertz CT molecular complexity index is 194. The molecular formula is C10H16O3. The minimum absolute atomic E-state index is 0.315. The van der Waals surface area contributed by atoms with Gasteiger partial charge in [-0.1, -0.05) is 12.5 Å². The lowest BCUT2D eigenvalue weighted by Crippen LogP contribution is -2.01. The normalized spacial score (nSPS) is 11.1. The van der Waals surface area contributed by atoms with Crippen molar-refractivity contribution in [1.82, 2.24) is 0 Å². The molecule has 0 aromatic rings. The first kappa shape index (κ1) is 11.9. The van der Waals surface area contributed by atoms with Crippen molar-refractivity contribution < 1.29 is 14.3 Å². The van der Waals surface area contributed by atoms with Crippen molar-refractivity contribution in [2.45, 2.75) is 33.1 Å². The van der Waals surface area contributed by atoms with E-state index in [1.165, 1.54) is 6.08 Å². The second kappa shape index (κ2) is 7.53. The Balaban J connectivity index is 4.03. The third-order valence-electron chi connectivity index (χ3n) is 1.65. The molecule has 0 unspecified atom stereocenters. The third kappa shape index (κ3) is 6.08. The highest BCUT2D eigenvalue weighted by Gasteiger charge is 2.00. The number of hydrogen-bond acceptors (Lipinski definition) is 3. The Morgan fingerprint density at radius 3 is 2.54 bits per heavy atom. The molecule has 0 atom stereocenters. The van der Waals surface area contributed by atoms with E-state index in [1.807, 2.05) is 6.92 Å². The average Bonchev–Trinajstić information content (AvgIpc) is 2.12. The van der Waals surface area contributed by atoms with E-state index in [0.29, 0.717) is 19.4 Å². The molecule has 0 amide bonds. The summed E-state index contributed by atoms with van der Waals surface area (Å²) in [5.74, 6) is -0.315. The van der Waals surface area contributed by atoms with Crippen molar-refractivity contribution in [3.63, 3.8) is 0 Å². The molecule has 0 heterocycles. The van der Waals surface area contributed by atoms with E-state index < -0.39 is 0 Å².